The number of nitrogens with one attached hydrogen (secondary N) is 1. The van der Waals surface area contributed by atoms with Gasteiger partial charge in [-0.1, -0.05) is 29.8 Å². The van der Waals surface area contributed by atoms with Crippen LogP contribution in [0, 0.1) is 0 Å². The Bertz CT molecular complexity index is 666. The van der Waals surface area contributed by atoms with Crippen molar-refractivity contribution in [1.29, 1.82) is 0 Å². The number of thiophene rings is 1. The van der Waals surface area contributed by atoms with E-state index in [1.165, 1.54) is 11.1 Å². The van der Waals surface area contributed by atoms with Gasteiger partial charge in [0, 0.05) is 17.8 Å². The smallest absolute Gasteiger partial charge is 0.0588 e. The molecular formula is C17H15ClN2S. The summed E-state index contributed by atoms with van der Waals surface area (Å²) in [6.45, 7) is 0.726. The maximum atomic E-state index is 5.99. The molecule has 0 aliphatic rings. The molecule has 0 spiro atoms. The van der Waals surface area contributed by atoms with Crippen molar-refractivity contribution in [3.8, 4) is 0 Å². The molecule has 2 heterocycles. The molecule has 0 aliphatic heterocycles. The maximum absolute atomic E-state index is 5.99. The van der Waals surface area contributed by atoms with Crippen molar-refractivity contribution in [1.82, 2.24) is 10.3 Å². The lowest BCUT2D eigenvalue weighted by atomic mass is 10.0. The van der Waals surface area contributed by atoms with E-state index in [0.29, 0.717) is 0 Å². The molecule has 4 heteroatoms. The van der Waals surface area contributed by atoms with Crippen LogP contribution in [0.4, 0.5) is 0 Å². The Labute approximate surface area is 133 Å². The third-order valence-corrected chi connectivity index (χ3v) is 4.25. The van der Waals surface area contributed by atoms with E-state index in [2.05, 4.69) is 39.3 Å². The first-order valence-electron chi connectivity index (χ1n) is 6.74. The van der Waals surface area contributed by atoms with Gasteiger partial charge in [0.2, 0.25) is 0 Å². The molecule has 0 saturated carbocycles. The lowest BCUT2D eigenvalue weighted by molar-refractivity contribution is 0.598. The SMILES string of the molecule is Clc1ccc(C(NCc2ccccn2)c2ccsc2)cc1. The van der Waals surface area contributed by atoms with Crippen molar-refractivity contribution in [2.75, 3.05) is 0 Å². The minimum atomic E-state index is 0.149. The molecule has 0 saturated heterocycles. The molecule has 1 atom stereocenters. The third kappa shape index (κ3) is 3.70. The second-order valence-corrected chi connectivity index (χ2v) is 5.96. The van der Waals surface area contributed by atoms with E-state index < -0.39 is 0 Å². The van der Waals surface area contributed by atoms with Crippen molar-refractivity contribution >= 4 is 22.9 Å². The molecule has 0 amide bonds. The monoisotopic (exact) mass is 314 g/mol. The summed E-state index contributed by atoms with van der Waals surface area (Å²) in [5.74, 6) is 0. The lowest BCUT2D eigenvalue weighted by Gasteiger charge is -2.18. The van der Waals surface area contributed by atoms with Gasteiger partial charge >= 0.3 is 0 Å². The second kappa shape index (κ2) is 6.85. The van der Waals surface area contributed by atoms with E-state index >= 15 is 0 Å². The molecule has 0 aliphatic carbocycles. The minimum absolute atomic E-state index is 0.149. The summed E-state index contributed by atoms with van der Waals surface area (Å²) < 4.78 is 0. The van der Waals surface area contributed by atoms with Crippen molar-refractivity contribution < 1.29 is 0 Å². The number of pyridine rings is 1. The number of hydrogen-bond acceptors (Lipinski definition) is 3. The normalized spacial score (nSPS) is 12.2. The summed E-state index contributed by atoms with van der Waals surface area (Å²) in [6, 6.07) is 16.2. The van der Waals surface area contributed by atoms with Crippen molar-refractivity contribution in [3.05, 3.63) is 87.3 Å². The zero-order valence-electron chi connectivity index (χ0n) is 11.4. The average Bonchev–Trinajstić information content (AvgIpc) is 3.04. The van der Waals surface area contributed by atoms with Crippen LogP contribution in [-0.4, -0.2) is 4.98 Å². The predicted octanol–water partition coefficient (Wildman–Crippen LogP) is 4.68. The van der Waals surface area contributed by atoms with Crippen LogP contribution >= 0.6 is 22.9 Å². The summed E-state index contributed by atoms with van der Waals surface area (Å²) in [7, 11) is 0. The van der Waals surface area contributed by atoms with Crippen LogP contribution < -0.4 is 5.32 Å². The Kier molecular flexibility index (Phi) is 4.65. The highest BCUT2D eigenvalue weighted by atomic mass is 35.5. The van der Waals surface area contributed by atoms with Crippen molar-refractivity contribution in [2.45, 2.75) is 12.6 Å². The van der Waals surface area contributed by atoms with Gasteiger partial charge in [0.15, 0.2) is 0 Å². The van der Waals surface area contributed by atoms with Gasteiger partial charge in [0.1, 0.15) is 0 Å². The van der Waals surface area contributed by atoms with E-state index in [1.54, 1.807) is 11.3 Å². The van der Waals surface area contributed by atoms with Gasteiger partial charge in [-0.25, -0.2) is 0 Å². The largest absolute Gasteiger partial charge is 0.301 e. The standard InChI is InChI=1S/C17H15ClN2S/c18-15-6-4-13(5-7-15)17(14-8-10-21-12-14)20-11-16-3-1-2-9-19-16/h1-10,12,17,20H,11H2. The molecule has 3 aromatic rings. The fourth-order valence-corrected chi connectivity index (χ4v) is 3.04. The molecule has 0 radical (unpaired) electrons. The fraction of sp³-hybridized carbons (Fsp3) is 0.118. The first-order chi connectivity index (χ1) is 10.3. The predicted molar refractivity (Wildman–Crippen MR) is 88.7 cm³/mol. The van der Waals surface area contributed by atoms with E-state index in [-0.39, 0.29) is 6.04 Å². The van der Waals surface area contributed by atoms with Crippen molar-refractivity contribution in [2.24, 2.45) is 0 Å². The Morgan fingerprint density at radius 2 is 1.90 bits per heavy atom. The molecule has 3 rings (SSSR count). The summed E-state index contributed by atoms with van der Waals surface area (Å²) >= 11 is 7.69. The zero-order chi connectivity index (χ0) is 14.5. The van der Waals surface area contributed by atoms with Crippen LogP contribution in [0.25, 0.3) is 0 Å². The van der Waals surface area contributed by atoms with Crippen LogP contribution in [0.15, 0.2) is 65.5 Å². The van der Waals surface area contributed by atoms with E-state index in [4.69, 9.17) is 11.6 Å². The molecule has 21 heavy (non-hydrogen) atoms. The molecule has 0 bridgehead atoms. The summed E-state index contributed by atoms with van der Waals surface area (Å²) in [6.07, 6.45) is 1.82. The van der Waals surface area contributed by atoms with Crippen LogP contribution in [0.2, 0.25) is 5.02 Å². The first-order valence-corrected chi connectivity index (χ1v) is 8.06. The minimum Gasteiger partial charge on any atom is -0.301 e. The molecule has 1 N–H and O–H groups in total. The van der Waals surface area contributed by atoms with Gasteiger partial charge in [-0.3, -0.25) is 4.98 Å². The quantitative estimate of drug-likeness (QED) is 0.740. The molecule has 106 valence electrons. The zero-order valence-corrected chi connectivity index (χ0v) is 12.9. The van der Waals surface area contributed by atoms with E-state index in [0.717, 1.165) is 17.3 Å². The lowest BCUT2D eigenvalue weighted by Crippen LogP contribution is -2.22. The molecule has 2 nitrogen and oxygen atoms in total. The van der Waals surface area contributed by atoms with Crippen LogP contribution in [0.5, 0.6) is 0 Å². The van der Waals surface area contributed by atoms with Gasteiger partial charge < -0.3 is 5.32 Å². The number of rotatable bonds is 5. The number of hydrogen-bond donors (Lipinski definition) is 1. The van der Waals surface area contributed by atoms with E-state index in [1.807, 2.05) is 36.5 Å². The van der Waals surface area contributed by atoms with Gasteiger partial charge in [-0.05, 0) is 52.2 Å². The van der Waals surface area contributed by atoms with Gasteiger partial charge in [-0.15, -0.1) is 0 Å². The Hall–Kier alpha value is -1.68. The first kappa shape index (κ1) is 14.3. The summed E-state index contributed by atoms with van der Waals surface area (Å²) in [5, 5.41) is 8.60. The van der Waals surface area contributed by atoms with Crippen LogP contribution in [0.3, 0.4) is 0 Å². The highest BCUT2D eigenvalue weighted by Crippen LogP contribution is 2.25. The number of benzene rings is 1. The van der Waals surface area contributed by atoms with E-state index in [9.17, 15) is 0 Å². The maximum Gasteiger partial charge on any atom is 0.0588 e. The van der Waals surface area contributed by atoms with Crippen LogP contribution in [-0.2, 0) is 6.54 Å². The van der Waals surface area contributed by atoms with Gasteiger partial charge in [-0.2, -0.15) is 11.3 Å². The van der Waals surface area contributed by atoms with Gasteiger partial charge in [0.25, 0.3) is 0 Å². The highest BCUT2D eigenvalue weighted by Gasteiger charge is 2.14. The third-order valence-electron chi connectivity index (χ3n) is 3.29. The Balaban J connectivity index is 1.81. The Morgan fingerprint density at radius 1 is 1.05 bits per heavy atom. The fourth-order valence-electron chi connectivity index (χ4n) is 2.23. The number of aromatic nitrogens is 1. The average molecular weight is 315 g/mol. The Morgan fingerprint density at radius 3 is 2.57 bits per heavy atom. The van der Waals surface area contributed by atoms with Gasteiger partial charge in [0.05, 0.1) is 11.7 Å². The van der Waals surface area contributed by atoms with Crippen molar-refractivity contribution in [3.63, 3.8) is 0 Å². The molecule has 1 unspecified atom stereocenters. The molecule has 0 fully saturated rings. The molecule has 1 aromatic carbocycles. The summed E-state index contributed by atoms with van der Waals surface area (Å²) in [4.78, 5) is 4.36. The summed E-state index contributed by atoms with van der Waals surface area (Å²) in [5.41, 5.74) is 3.50. The number of halogens is 1. The molecule has 2 aromatic heterocycles. The molecular weight excluding hydrogens is 300 g/mol. The second-order valence-electron chi connectivity index (χ2n) is 4.74. The topological polar surface area (TPSA) is 24.9 Å². The highest BCUT2D eigenvalue weighted by molar-refractivity contribution is 7.08. The number of nitrogens with zero attached hydrogens (tertiary/aromatic N) is 1. The van der Waals surface area contributed by atoms with Crippen LogP contribution in [0.1, 0.15) is 22.9 Å².